The van der Waals surface area contributed by atoms with Crippen LogP contribution in [0.3, 0.4) is 0 Å². The maximum atomic E-state index is 11.2. The molecule has 0 radical (unpaired) electrons. The van der Waals surface area contributed by atoms with Gasteiger partial charge in [-0.2, -0.15) is 0 Å². The lowest BCUT2D eigenvalue weighted by molar-refractivity contribution is -0.150. The molecule has 0 saturated heterocycles. The quantitative estimate of drug-likeness (QED) is 0.715. The van der Waals surface area contributed by atoms with Gasteiger partial charge in [0.25, 0.3) is 0 Å². The molecular weight excluding hydrogens is 180 g/mol. The second kappa shape index (κ2) is 3.89. The van der Waals surface area contributed by atoms with E-state index in [-0.39, 0.29) is 11.3 Å². The molecule has 0 bridgehead atoms. The van der Waals surface area contributed by atoms with Crippen LogP contribution in [0.5, 0.6) is 0 Å². The minimum Gasteiger partial charge on any atom is -0.481 e. The van der Waals surface area contributed by atoms with Gasteiger partial charge < -0.3 is 10.2 Å². The van der Waals surface area contributed by atoms with E-state index in [1.165, 1.54) is 0 Å². The number of aliphatic hydroxyl groups excluding tert-OH is 1. The minimum atomic E-state index is -0.775. The zero-order valence-corrected chi connectivity index (χ0v) is 9.16. The Morgan fingerprint density at radius 2 is 1.93 bits per heavy atom. The number of aliphatic carboxylic acids is 1. The van der Waals surface area contributed by atoms with Crippen LogP contribution in [-0.4, -0.2) is 22.3 Å². The summed E-state index contributed by atoms with van der Waals surface area (Å²) in [6.07, 6.45) is 2.13. The van der Waals surface area contributed by atoms with E-state index in [1.54, 1.807) is 0 Å². The van der Waals surface area contributed by atoms with Crippen LogP contribution in [0.4, 0.5) is 0 Å². The Morgan fingerprint density at radius 1 is 1.36 bits per heavy atom. The molecule has 82 valence electrons. The smallest absolute Gasteiger partial charge is 0.307 e. The van der Waals surface area contributed by atoms with Gasteiger partial charge in [0.05, 0.1) is 12.0 Å². The van der Waals surface area contributed by atoms with Crippen LogP contribution >= 0.6 is 0 Å². The molecule has 0 aromatic rings. The number of rotatable bonds is 2. The molecule has 0 aliphatic heterocycles. The van der Waals surface area contributed by atoms with Crippen LogP contribution in [0.15, 0.2) is 0 Å². The van der Waals surface area contributed by atoms with Crippen LogP contribution in [0.25, 0.3) is 0 Å². The highest BCUT2D eigenvalue weighted by Gasteiger charge is 2.43. The van der Waals surface area contributed by atoms with Gasteiger partial charge in [0.15, 0.2) is 0 Å². The number of aliphatic hydroxyl groups is 1. The van der Waals surface area contributed by atoms with Gasteiger partial charge in [-0.3, -0.25) is 4.79 Å². The molecule has 0 spiro atoms. The predicted molar refractivity (Wildman–Crippen MR) is 53.9 cm³/mol. The van der Waals surface area contributed by atoms with Crippen molar-refractivity contribution >= 4 is 5.97 Å². The van der Waals surface area contributed by atoms with Gasteiger partial charge in [-0.1, -0.05) is 27.2 Å². The third-order valence-corrected chi connectivity index (χ3v) is 3.16. The largest absolute Gasteiger partial charge is 0.481 e. The van der Waals surface area contributed by atoms with Gasteiger partial charge in [-0.25, -0.2) is 0 Å². The summed E-state index contributed by atoms with van der Waals surface area (Å²) < 4.78 is 0. The van der Waals surface area contributed by atoms with Crippen molar-refractivity contribution in [1.82, 2.24) is 0 Å². The highest BCUT2D eigenvalue weighted by molar-refractivity contribution is 5.71. The molecule has 3 nitrogen and oxygen atoms in total. The molecule has 2 N–H and O–H groups in total. The molecule has 3 heteroatoms. The fraction of sp³-hybridized carbons (Fsp3) is 0.909. The molecule has 1 aliphatic rings. The van der Waals surface area contributed by atoms with E-state index in [1.807, 2.05) is 20.8 Å². The number of hydrogen-bond acceptors (Lipinski definition) is 2. The van der Waals surface area contributed by atoms with E-state index in [2.05, 4.69) is 0 Å². The second-order valence-corrected chi connectivity index (χ2v) is 5.34. The number of carboxylic acid groups (broad SMARTS) is 1. The van der Waals surface area contributed by atoms with Crippen molar-refractivity contribution in [3.63, 3.8) is 0 Å². The highest BCUT2D eigenvalue weighted by Crippen LogP contribution is 2.41. The van der Waals surface area contributed by atoms with E-state index in [0.717, 1.165) is 19.3 Å². The lowest BCUT2D eigenvalue weighted by Gasteiger charge is -2.33. The summed E-state index contributed by atoms with van der Waals surface area (Å²) in [7, 11) is 0. The van der Waals surface area contributed by atoms with Gasteiger partial charge in [0.1, 0.15) is 0 Å². The maximum absolute atomic E-state index is 11.2. The molecule has 0 aromatic heterocycles. The van der Waals surface area contributed by atoms with Crippen molar-refractivity contribution in [1.29, 1.82) is 0 Å². The van der Waals surface area contributed by atoms with Gasteiger partial charge in [-0.05, 0) is 24.2 Å². The normalized spacial score (nSPS) is 30.3. The Balaban J connectivity index is 2.83. The average Bonchev–Trinajstić information content (AvgIpc) is 2.32. The summed E-state index contributed by atoms with van der Waals surface area (Å²) in [5.74, 6) is -1.27. The molecule has 0 heterocycles. The third kappa shape index (κ3) is 2.27. The van der Waals surface area contributed by atoms with Crippen molar-refractivity contribution < 1.29 is 15.0 Å². The van der Waals surface area contributed by atoms with Gasteiger partial charge in [0.2, 0.25) is 0 Å². The van der Waals surface area contributed by atoms with Crippen LogP contribution in [-0.2, 0) is 4.79 Å². The molecule has 1 fully saturated rings. The molecule has 0 amide bonds. The van der Waals surface area contributed by atoms with E-state index >= 15 is 0 Å². The van der Waals surface area contributed by atoms with Crippen molar-refractivity contribution in [3.8, 4) is 0 Å². The van der Waals surface area contributed by atoms with Gasteiger partial charge in [0, 0.05) is 0 Å². The van der Waals surface area contributed by atoms with E-state index in [0.29, 0.717) is 0 Å². The first-order valence-electron chi connectivity index (χ1n) is 5.25. The lowest BCUT2D eigenvalue weighted by atomic mass is 9.72. The van der Waals surface area contributed by atoms with E-state index in [4.69, 9.17) is 0 Å². The summed E-state index contributed by atoms with van der Waals surface area (Å²) in [4.78, 5) is 11.2. The van der Waals surface area contributed by atoms with Crippen LogP contribution in [0, 0.1) is 17.3 Å². The van der Waals surface area contributed by atoms with Crippen molar-refractivity contribution in [2.75, 3.05) is 0 Å². The first-order chi connectivity index (χ1) is 6.34. The minimum absolute atomic E-state index is 0.0625. The molecule has 3 unspecified atom stereocenters. The highest BCUT2D eigenvalue weighted by atomic mass is 16.4. The second-order valence-electron chi connectivity index (χ2n) is 5.34. The standard InChI is InChI=1S/C11H20O3/c1-11(2,3)9(10(13)14)7-5-4-6-8(7)12/h7-9,12H,4-6H2,1-3H3,(H,13,14). The summed E-state index contributed by atoms with van der Waals surface area (Å²) >= 11 is 0. The van der Waals surface area contributed by atoms with Crippen molar-refractivity contribution in [3.05, 3.63) is 0 Å². The number of carboxylic acids is 1. The zero-order chi connectivity index (χ0) is 10.9. The summed E-state index contributed by atoms with van der Waals surface area (Å²) in [5.41, 5.74) is -0.276. The topological polar surface area (TPSA) is 57.5 Å². The molecule has 1 rings (SSSR count). The Hall–Kier alpha value is -0.570. The zero-order valence-electron chi connectivity index (χ0n) is 9.16. The Kier molecular flexibility index (Phi) is 3.20. The van der Waals surface area contributed by atoms with Crippen molar-refractivity contribution in [2.45, 2.75) is 46.1 Å². The first-order valence-corrected chi connectivity index (χ1v) is 5.25. The first kappa shape index (κ1) is 11.5. The summed E-state index contributed by atoms with van der Waals surface area (Å²) in [5, 5.41) is 18.9. The lowest BCUT2D eigenvalue weighted by Crippen LogP contribution is -2.38. The molecule has 1 saturated carbocycles. The molecule has 1 aliphatic carbocycles. The van der Waals surface area contributed by atoms with E-state index in [9.17, 15) is 15.0 Å². The third-order valence-electron chi connectivity index (χ3n) is 3.16. The van der Waals surface area contributed by atoms with Gasteiger partial charge >= 0.3 is 5.97 Å². The number of hydrogen-bond donors (Lipinski definition) is 2. The molecular formula is C11H20O3. The SMILES string of the molecule is CC(C)(C)C(C(=O)O)C1CCCC1O. The number of carbonyl (C=O) groups is 1. The summed E-state index contributed by atoms with van der Waals surface area (Å²) in [6, 6.07) is 0. The van der Waals surface area contributed by atoms with Crippen LogP contribution in [0.1, 0.15) is 40.0 Å². The van der Waals surface area contributed by atoms with Crippen LogP contribution < -0.4 is 0 Å². The Bertz CT molecular complexity index is 217. The fourth-order valence-electron chi connectivity index (χ4n) is 2.55. The predicted octanol–water partition coefficient (Wildman–Crippen LogP) is 1.89. The Labute approximate surface area is 85.1 Å². The van der Waals surface area contributed by atoms with Gasteiger partial charge in [-0.15, -0.1) is 0 Å². The fourth-order valence-corrected chi connectivity index (χ4v) is 2.55. The monoisotopic (exact) mass is 200 g/mol. The van der Waals surface area contributed by atoms with E-state index < -0.39 is 18.0 Å². The molecule has 3 atom stereocenters. The summed E-state index contributed by atoms with van der Waals surface area (Å²) in [6.45, 7) is 5.78. The molecule has 0 aromatic carbocycles. The maximum Gasteiger partial charge on any atom is 0.307 e. The van der Waals surface area contributed by atoms with Crippen LogP contribution in [0.2, 0.25) is 0 Å². The molecule has 14 heavy (non-hydrogen) atoms. The van der Waals surface area contributed by atoms with Crippen molar-refractivity contribution in [2.24, 2.45) is 17.3 Å². The Morgan fingerprint density at radius 3 is 2.21 bits per heavy atom. The average molecular weight is 200 g/mol.